The lowest BCUT2D eigenvalue weighted by Crippen LogP contribution is -2.22. The summed E-state index contributed by atoms with van der Waals surface area (Å²) in [5, 5.41) is 7.19. The van der Waals surface area contributed by atoms with Crippen LogP contribution in [-0.2, 0) is 0 Å². The van der Waals surface area contributed by atoms with Gasteiger partial charge in [0.1, 0.15) is 0 Å². The minimum absolute atomic E-state index is 0.593. The second-order valence-electron chi connectivity index (χ2n) is 4.21. The van der Waals surface area contributed by atoms with Gasteiger partial charge in [-0.25, -0.2) is 5.10 Å². The minimum atomic E-state index is 0.593. The average Bonchev–Trinajstić information content (AvgIpc) is 2.99. The molecule has 4 nitrogen and oxygen atoms in total. The Morgan fingerprint density at radius 1 is 1.60 bits per heavy atom. The zero-order chi connectivity index (χ0) is 10.8. The molecule has 0 aromatic carbocycles. The van der Waals surface area contributed by atoms with Crippen molar-refractivity contribution in [1.82, 2.24) is 14.8 Å². The lowest BCUT2D eigenvalue weighted by Gasteiger charge is -2.18. The molecule has 5 heteroatoms. The predicted molar refractivity (Wildman–Crippen MR) is 63.9 cm³/mol. The fraction of sp³-hybridized carbons (Fsp3) is 0.800. The van der Waals surface area contributed by atoms with Gasteiger partial charge in [0.2, 0.25) is 5.95 Å². The Bertz CT molecular complexity index is 377. The van der Waals surface area contributed by atoms with Crippen LogP contribution in [-0.4, -0.2) is 28.4 Å². The summed E-state index contributed by atoms with van der Waals surface area (Å²) in [6.07, 6.45) is 4.88. The summed E-state index contributed by atoms with van der Waals surface area (Å²) in [5.41, 5.74) is 0. The van der Waals surface area contributed by atoms with E-state index in [4.69, 9.17) is 12.2 Å². The highest BCUT2D eigenvalue weighted by Gasteiger charge is 2.28. The summed E-state index contributed by atoms with van der Waals surface area (Å²) in [5.74, 6) is 0.996. The molecule has 1 N–H and O–H groups in total. The van der Waals surface area contributed by atoms with Gasteiger partial charge in [0.15, 0.2) is 4.77 Å². The lowest BCUT2D eigenvalue weighted by molar-refractivity contribution is 0.682. The smallest absolute Gasteiger partial charge is 0.225 e. The summed E-state index contributed by atoms with van der Waals surface area (Å²) in [6, 6.07) is 0.593. The highest BCUT2D eigenvalue weighted by atomic mass is 32.1. The molecule has 0 atom stereocenters. The zero-order valence-corrected chi connectivity index (χ0v) is 10.2. The molecule has 1 fully saturated rings. The van der Waals surface area contributed by atoms with Crippen molar-refractivity contribution in [2.45, 2.75) is 38.6 Å². The van der Waals surface area contributed by atoms with Gasteiger partial charge in [0, 0.05) is 19.6 Å². The van der Waals surface area contributed by atoms with Crippen LogP contribution in [0.4, 0.5) is 5.95 Å². The van der Waals surface area contributed by atoms with Gasteiger partial charge in [0.25, 0.3) is 0 Å². The van der Waals surface area contributed by atoms with Crippen molar-refractivity contribution in [3.8, 4) is 0 Å². The van der Waals surface area contributed by atoms with Crippen molar-refractivity contribution in [3.63, 3.8) is 0 Å². The molecule has 84 valence electrons. The molecule has 0 unspecified atom stereocenters. The molecule has 1 aromatic rings. The first-order chi connectivity index (χ1) is 7.24. The fourth-order valence-electron chi connectivity index (χ4n) is 1.72. The van der Waals surface area contributed by atoms with E-state index in [1.807, 2.05) is 0 Å². The van der Waals surface area contributed by atoms with E-state index in [-0.39, 0.29) is 0 Å². The quantitative estimate of drug-likeness (QED) is 0.784. The number of hydrogen-bond acceptors (Lipinski definition) is 3. The number of aromatic amines is 1. The molecule has 0 aliphatic heterocycles. The van der Waals surface area contributed by atoms with E-state index in [1.54, 1.807) is 0 Å². The molecule has 1 saturated carbocycles. The third-order valence-electron chi connectivity index (χ3n) is 2.79. The monoisotopic (exact) mass is 226 g/mol. The van der Waals surface area contributed by atoms with Crippen LogP contribution in [0.2, 0.25) is 0 Å². The van der Waals surface area contributed by atoms with Gasteiger partial charge in [-0.15, -0.1) is 5.10 Å². The molecule has 0 amide bonds. The summed E-state index contributed by atoms with van der Waals surface area (Å²) in [7, 11) is 2.08. The molecule has 0 bridgehead atoms. The number of nitrogens with one attached hydrogen (secondary N) is 1. The number of H-pyrrole nitrogens is 1. The highest BCUT2D eigenvalue weighted by Crippen LogP contribution is 2.37. The Kier molecular flexibility index (Phi) is 3.09. The van der Waals surface area contributed by atoms with Crippen LogP contribution in [0, 0.1) is 4.77 Å². The summed E-state index contributed by atoms with van der Waals surface area (Å²) in [4.78, 5) is 2.19. The molecule has 0 spiro atoms. The normalized spacial score (nSPS) is 15.6. The summed E-state index contributed by atoms with van der Waals surface area (Å²) in [6.45, 7) is 3.24. The van der Waals surface area contributed by atoms with Gasteiger partial charge >= 0.3 is 0 Å². The lowest BCUT2D eigenvalue weighted by atomic mass is 10.3. The maximum Gasteiger partial charge on any atom is 0.225 e. The Hall–Kier alpha value is -0.840. The minimum Gasteiger partial charge on any atom is -0.344 e. The molecule has 0 radical (unpaired) electrons. The van der Waals surface area contributed by atoms with E-state index in [9.17, 15) is 0 Å². The van der Waals surface area contributed by atoms with Gasteiger partial charge < -0.3 is 4.90 Å². The van der Waals surface area contributed by atoms with Crippen LogP contribution in [0.15, 0.2) is 0 Å². The van der Waals surface area contributed by atoms with Crippen molar-refractivity contribution < 1.29 is 0 Å². The van der Waals surface area contributed by atoms with Crippen molar-refractivity contribution in [2.75, 3.05) is 18.5 Å². The molecular weight excluding hydrogens is 208 g/mol. The van der Waals surface area contributed by atoms with Crippen molar-refractivity contribution in [1.29, 1.82) is 0 Å². The van der Waals surface area contributed by atoms with E-state index in [0.29, 0.717) is 6.04 Å². The van der Waals surface area contributed by atoms with Crippen molar-refractivity contribution in [3.05, 3.63) is 4.77 Å². The van der Waals surface area contributed by atoms with E-state index < -0.39 is 0 Å². The molecular formula is C10H18N4S. The fourth-order valence-corrected chi connectivity index (χ4v) is 2.00. The molecule has 0 saturated heterocycles. The third kappa shape index (κ3) is 2.22. The van der Waals surface area contributed by atoms with Crippen LogP contribution in [0.1, 0.15) is 38.6 Å². The first-order valence-electron chi connectivity index (χ1n) is 5.62. The predicted octanol–water partition coefficient (Wildman–Crippen LogP) is 2.51. The topological polar surface area (TPSA) is 36.9 Å². The van der Waals surface area contributed by atoms with Gasteiger partial charge in [-0.05, 0) is 31.5 Å². The first-order valence-corrected chi connectivity index (χ1v) is 6.03. The van der Waals surface area contributed by atoms with E-state index in [0.717, 1.165) is 17.3 Å². The van der Waals surface area contributed by atoms with Crippen LogP contribution in [0.25, 0.3) is 0 Å². The van der Waals surface area contributed by atoms with Crippen LogP contribution in [0.3, 0.4) is 0 Å². The average molecular weight is 226 g/mol. The number of anilines is 1. The largest absolute Gasteiger partial charge is 0.344 e. The Labute approximate surface area is 95.3 Å². The summed E-state index contributed by atoms with van der Waals surface area (Å²) < 4.78 is 2.92. The molecule has 1 aliphatic carbocycles. The van der Waals surface area contributed by atoms with Gasteiger partial charge in [0.05, 0.1) is 0 Å². The molecule has 1 aliphatic rings. The van der Waals surface area contributed by atoms with Gasteiger partial charge in [-0.3, -0.25) is 4.57 Å². The number of unbranched alkanes of at least 4 members (excludes halogenated alkanes) is 1. The standard InChI is InChI=1S/C10H18N4S/c1-3-4-7-13(2)9-11-12-10(15)14(9)8-5-6-8/h8H,3-7H2,1-2H3,(H,12,15). The maximum atomic E-state index is 5.24. The third-order valence-corrected chi connectivity index (χ3v) is 3.07. The second kappa shape index (κ2) is 4.35. The number of aromatic nitrogens is 3. The van der Waals surface area contributed by atoms with Gasteiger partial charge in [-0.1, -0.05) is 13.3 Å². The Morgan fingerprint density at radius 2 is 2.33 bits per heavy atom. The van der Waals surface area contributed by atoms with Crippen LogP contribution >= 0.6 is 12.2 Å². The molecule has 1 aromatic heterocycles. The van der Waals surface area contributed by atoms with Crippen LogP contribution < -0.4 is 4.90 Å². The highest BCUT2D eigenvalue weighted by molar-refractivity contribution is 7.71. The zero-order valence-electron chi connectivity index (χ0n) is 9.36. The first kappa shape index (κ1) is 10.7. The second-order valence-corrected chi connectivity index (χ2v) is 4.59. The number of rotatable bonds is 5. The SMILES string of the molecule is CCCCN(C)c1n[nH]c(=S)n1C1CC1. The Morgan fingerprint density at radius 3 is 2.93 bits per heavy atom. The molecule has 2 rings (SSSR count). The van der Waals surface area contributed by atoms with E-state index >= 15 is 0 Å². The summed E-state index contributed by atoms with van der Waals surface area (Å²) >= 11 is 5.24. The maximum absolute atomic E-state index is 5.24. The Balaban J connectivity index is 2.16. The van der Waals surface area contributed by atoms with E-state index in [2.05, 4.69) is 33.6 Å². The number of hydrogen-bond donors (Lipinski definition) is 1. The molecule has 1 heterocycles. The van der Waals surface area contributed by atoms with Gasteiger partial charge in [-0.2, -0.15) is 0 Å². The van der Waals surface area contributed by atoms with Crippen molar-refractivity contribution >= 4 is 18.2 Å². The number of nitrogens with zero attached hydrogens (tertiary/aromatic N) is 3. The van der Waals surface area contributed by atoms with E-state index in [1.165, 1.54) is 25.7 Å². The van der Waals surface area contributed by atoms with Crippen molar-refractivity contribution in [2.24, 2.45) is 0 Å². The molecule has 15 heavy (non-hydrogen) atoms. The van der Waals surface area contributed by atoms with Crippen LogP contribution in [0.5, 0.6) is 0 Å².